The lowest BCUT2D eigenvalue weighted by molar-refractivity contribution is 0.179. The second kappa shape index (κ2) is 6.12. The molecular formula is C11H14O2. The molecule has 0 unspecified atom stereocenters. The van der Waals surface area contributed by atoms with Gasteiger partial charge in [-0.3, -0.25) is 0 Å². The lowest BCUT2D eigenvalue weighted by atomic mass is 10.3. The Morgan fingerprint density at radius 2 is 1.92 bits per heavy atom. The van der Waals surface area contributed by atoms with Crippen LogP contribution in [0.25, 0.3) is 0 Å². The predicted molar refractivity (Wildman–Crippen MR) is 52.7 cm³/mol. The zero-order chi connectivity index (χ0) is 9.36. The molecule has 0 saturated carbocycles. The van der Waals surface area contributed by atoms with Crippen molar-refractivity contribution < 1.29 is 9.47 Å². The number of ether oxygens (including phenoxy) is 2. The highest BCUT2D eigenvalue weighted by Crippen LogP contribution is 2.07. The molecule has 1 aromatic carbocycles. The van der Waals surface area contributed by atoms with Gasteiger partial charge in [0.15, 0.2) is 0 Å². The Kier molecular flexibility index (Phi) is 4.54. The van der Waals surface area contributed by atoms with E-state index < -0.39 is 0 Å². The van der Waals surface area contributed by atoms with Crippen LogP contribution in [0.4, 0.5) is 0 Å². The SMILES string of the molecule is C/C=C/OCCOc1ccccc1. The lowest BCUT2D eigenvalue weighted by Crippen LogP contribution is -2.03. The van der Waals surface area contributed by atoms with Crippen LogP contribution in [0.2, 0.25) is 0 Å². The third-order valence-corrected chi connectivity index (χ3v) is 1.45. The van der Waals surface area contributed by atoms with Crippen molar-refractivity contribution in [3.05, 3.63) is 42.7 Å². The summed E-state index contributed by atoms with van der Waals surface area (Å²) in [6, 6.07) is 9.71. The molecule has 0 atom stereocenters. The molecule has 0 N–H and O–H groups in total. The first-order valence-corrected chi connectivity index (χ1v) is 4.34. The highest BCUT2D eigenvalue weighted by atomic mass is 16.5. The van der Waals surface area contributed by atoms with Crippen LogP contribution in [0.1, 0.15) is 6.92 Å². The fourth-order valence-corrected chi connectivity index (χ4v) is 0.889. The minimum Gasteiger partial charge on any atom is -0.498 e. The second-order valence-corrected chi connectivity index (χ2v) is 2.50. The van der Waals surface area contributed by atoms with Crippen molar-refractivity contribution in [1.29, 1.82) is 0 Å². The van der Waals surface area contributed by atoms with Crippen LogP contribution in [0.15, 0.2) is 42.7 Å². The third kappa shape index (κ3) is 4.21. The van der Waals surface area contributed by atoms with E-state index in [-0.39, 0.29) is 0 Å². The maximum Gasteiger partial charge on any atom is 0.122 e. The van der Waals surface area contributed by atoms with E-state index in [0.717, 1.165) is 5.75 Å². The van der Waals surface area contributed by atoms with Gasteiger partial charge in [0, 0.05) is 0 Å². The lowest BCUT2D eigenvalue weighted by Gasteiger charge is -2.04. The van der Waals surface area contributed by atoms with E-state index in [1.165, 1.54) is 0 Å². The zero-order valence-electron chi connectivity index (χ0n) is 7.77. The maximum absolute atomic E-state index is 5.39. The van der Waals surface area contributed by atoms with E-state index in [9.17, 15) is 0 Å². The number of para-hydroxylation sites is 1. The highest BCUT2D eigenvalue weighted by Gasteiger charge is 1.89. The predicted octanol–water partition coefficient (Wildman–Crippen LogP) is 2.62. The summed E-state index contributed by atoms with van der Waals surface area (Å²) < 4.78 is 10.5. The second-order valence-electron chi connectivity index (χ2n) is 2.50. The van der Waals surface area contributed by atoms with Gasteiger partial charge in [0.2, 0.25) is 0 Å². The summed E-state index contributed by atoms with van der Waals surface area (Å²) in [6.45, 7) is 3.08. The number of rotatable bonds is 5. The molecule has 0 aromatic heterocycles. The summed E-state index contributed by atoms with van der Waals surface area (Å²) in [5.41, 5.74) is 0. The van der Waals surface area contributed by atoms with E-state index in [4.69, 9.17) is 9.47 Å². The smallest absolute Gasteiger partial charge is 0.122 e. The molecule has 2 heteroatoms. The molecule has 0 heterocycles. The average Bonchev–Trinajstić information content (AvgIpc) is 2.19. The van der Waals surface area contributed by atoms with Crippen LogP contribution in [-0.4, -0.2) is 13.2 Å². The molecule has 0 aliphatic carbocycles. The van der Waals surface area contributed by atoms with Gasteiger partial charge in [0.25, 0.3) is 0 Å². The van der Waals surface area contributed by atoms with Crippen LogP contribution >= 0.6 is 0 Å². The number of hydrogen-bond acceptors (Lipinski definition) is 2. The Morgan fingerprint density at radius 1 is 1.15 bits per heavy atom. The van der Waals surface area contributed by atoms with Crippen LogP contribution in [-0.2, 0) is 4.74 Å². The molecular weight excluding hydrogens is 164 g/mol. The summed E-state index contributed by atoms with van der Waals surface area (Å²) in [4.78, 5) is 0. The largest absolute Gasteiger partial charge is 0.498 e. The van der Waals surface area contributed by atoms with Crippen LogP contribution in [0, 0.1) is 0 Å². The van der Waals surface area contributed by atoms with Gasteiger partial charge in [-0.2, -0.15) is 0 Å². The minimum atomic E-state index is 0.578. The van der Waals surface area contributed by atoms with Gasteiger partial charge in [-0.05, 0) is 19.1 Å². The normalized spacial score (nSPS) is 10.2. The van der Waals surface area contributed by atoms with E-state index in [0.29, 0.717) is 13.2 Å². The Bertz CT molecular complexity index is 242. The molecule has 0 radical (unpaired) electrons. The van der Waals surface area contributed by atoms with Crippen molar-refractivity contribution >= 4 is 0 Å². The van der Waals surface area contributed by atoms with Crippen LogP contribution in [0.5, 0.6) is 5.75 Å². The molecule has 0 bridgehead atoms. The first-order chi connectivity index (χ1) is 6.43. The van der Waals surface area contributed by atoms with E-state index in [1.807, 2.05) is 43.3 Å². The van der Waals surface area contributed by atoms with Crippen LogP contribution in [0.3, 0.4) is 0 Å². The molecule has 1 rings (SSSR count). The van der Waals surface area contributed by atoms with Crippen molar-refractivity contribution in [3.63, 3.8) is 0 Å². The van der Waals surface area contributed by atoms with E-state index >= 15 is 0 Å². The van der Waals surface area contributed by atoms with Crippen molar-refractivity contribution in [2.75, 3.05) is 13.2 Å². The molecule has 13 heavy (non-hydrogen) atoms. The Morgan fingerprint density at radius 3 is 2.62 bits per heavy atom. The average molecular weight is 178 g/mol. The molecule has 0 fully saturated rings. The van der Waals surface area contributed by atoms with Gasteiger partial charge in [-0.25, -0.2) is 0 Å². The summed E-state index contributed by atoms with van der Waals surface area (Å²) in [6.07, 6.45) is 3.51. The molecule has 0 amide bonds. The van der Waals surface area contributed by atoms with Crippen molar-refractivity contribution in [1.82, 2.24) is 0 Å². The van der Waals surface area contributed by atoms with Gasteiger partial charge in [0.05, 0.1) is 6.26 Å². The molecule has 1 aromatic rings. The summed E-state index contributed by atoms with van der Waals surface area (Å²) in [5, 5.41) is 0. The fraction of sp³-hybridized carbons (Fsp3) is 0.273. The topological polar surface area (TPSA) is 18.5 Å². The number of allylic oxidation sites excluding steroid dienone is 1. The van der Waals surface area contributed by atoms with Gasteiger partial charge in [-0.15, -0.1) is 0 Å². The van der Waals surface area contributed by atoms with E-state index in [2.05, 4.69) is 0 Å². The van der Waals surface area contributed by atoms with E-state index in [1.54, 1.807) is 6.26 Å². The Labute approximate surface area is 78.8 Å². The maximum atomic E-state index is 5.39. The number of hydrogen-bond donors (Lipinski definition) is 0. The zero-order valence-corrected chi connectivity index (χ0v) is 7.77. The van der Waals surface area contributed by atoms with Gasteiger partial charge < -0.3 is 9.47 Å². The number of benzene rings is 1. The Balaban J connectivity index is 2.13. The molecule has 2 nitrogen and oxygen atoms in total. The van der Waals surface area contributed by atoms with Crippen LogP contribution < -0.4 is 4.74 Å². The summed E-state index contributed by atoms with van der Waals surface area (Å²) in [7, 11) is 0. The summed E-state index contributed by atoms with van der Waals surface area (Å²) >= 11 is 0. The van der Waals surface area contributed by atoms with Crippen molar-refractivity contribution in [2.24, 2.45) is 0 Å². The van der Waals surface area contributed by atoms with Crippen molar-refractivity contribution in [2.45, 2.75) is 6.92 Å². The first-order valence-electron chi connectivity index (χ1n) is 4.34. The van der Waals surface area contributed by atoms with Gasteiger partial charge in [0.1, 0.15) is 19.0 Å². The first kappa shape index (κ1) is 9.65. The standard InChI is InChI=1S/C11H14O2/c1-2-8-12-9-10-13-11-6-4-3-5-7-11/h2-8H,9-10H2,1H3/b8-2+. The monoisotopic (exact) mass is 178 g/mol. The van der Waals surface area contributed by atoms with Crippen molar-refractivity contribution in [3.8, 4) is 5.75 Å². The van der Waals surface area contributed by atoms with Gasteiger partial charge >= 0.3 is 0 Å². The molecule has 0 saturated heterocycles. The molecule has 0 aliphatic rings. The minimum absolute atomic E-state index is 0.578. The van der Waals surface area contributed by atoms with Gasteiger partial charge in [-0.1, -0.05) is 24.3 Å². The summed E-state index contributed by atoms with van der Waals surface area (Å²) in [5.74, 6) is 0.881. The highest BCUT2D eigenvalue weighted by molar-refractivity contribution is 5.20. The fourth-order valence-electron chi connectivity index (χ4n) is 0.889. The molecule has 0 aliphatic heterocycles. The Hall–Kier alpha value is -1.44. The molecule has 0 spiro atoms. The third-order valence-electron chi connectivity index (χ3n) is 1.45. The molecule has 70 valence electrons. The quantitative estimate of drug-likeness (QED) is 0.509.